The van der Waals surface area contributed by atoms with Gasteiger partial charge in [0.05, 0.1) is 24.3 Å². The van der Waals surface area contributed by atoms with Crippen LogP contribution in [0, 0.1) is 13.8 Å². The topological polar surface area (TPSA) is 77.0 Å². The standard InChI is InChI=1S/C21H28N2O4S/c1-5-7-12-27-19-10-9-18(14-20(19)26-6-2)15-22-23-28(24,25)21-11-8-16(3)13-17(21)4/h8-11,13-15,23H,5-7,12H2,1-4H3/b22-15+. The minimum atomic E-state index is -3.73. The predicted octanol–water partition coefficient (Wildman–Crippen LogP) is 4.19. The van der Waals surface area contributed by atoms with Crippen LogP contribution >= 0.6 is 0 Å². The summed E-state index contributed by atoms with van der Waals surface area (Å²) in [5.41, 5.74) is 2.38. The van der Waals surface area contributed by atoms with Crippen molar-refractivity contribution in [1.82, 2.24) is 4.83 Å². The number of nitrogens with zero attached hydrogens (tertiary/aromatic N) is 1. The number of hydrogen-bond acceptors (Lipinski definition) is 5. The third-order valence-corrected chi connectivity index (χ3v) is 5.41. The summed E-state index contributed by atoms with van der Waals surface area (Å²) in [5, 5.41) is 3.90. The van der Waals surface area contributed by atoms with E-state index in [1.807, 2.05) is 19.9 Å². The second kappa shape index (κ2) is 10.1. The molecule has 6 nitrogen and oxygen atoms in total. The molecule has 2 aromatic carbocycles. The normalized spacial score (nSPS) is 11.6. The highest BCUT2D eigenvalue weighted by molar-refractivity contribution is 7.89. The third-order valence-electron chi connectivity index (χ3n) is 4.03. The molecule has 28 heavy (non-hydrogen) atoms. The number of hydrogen-bond donors (Lipinski definition) is 1. The number of nitrogens with one attached hydrogen (secondary N) is 1. The van der Waals surface area contributed by atoms with Crippen molar-refractivity contribution in [2.45, 2.75) is 45.4 Å². The van der Waals surface area contributed by atoms with Crippen LogP contribution in [-0.2, 0) is 10.0 Å². The predicted molar refractivity (Wildman–Crippen MR) is 112 cm³/mol. The fourth-order valence-electron chi connectivity index (χ4n) is 2.64. The maximum absolute atomic E-state index is 12.5. The molecule has 152 valence electrons. The number of hydrazone groups is 1. The van der Waals surface area contributed by atoms with Crippen molar-refractivity contribution < 1.29 is 17.9 Å². The van der Waals surface area contributed by atoms with Crippen molar-refractivity contribution in [2.24, 2.45) is 5.10 Å². The van der Waals surface area contributed by atoms with Gasteiger partial charge in [-0.3, -0.25) is 0 Å². The van der Waals surface area contributed by atoms with Crippen molar-refractivity contribution in [1.29, 1.82) is 0 Å². The van der Waals surface area contributed by atoms with Gasteiger partial charge < -0.3 is 9.47 Å². The molecule has 2 rings (SSSR count). The summed E-state index contributed by atoms with van der Waals surface area (Å²) in [6, 6.07) is 10.6. The Balaban J connectivity index is 2.13. The van der Waals surface area contributed by atoms with E-state index in [-0.39, 0.29) is 4.90 Å². The maximum Gasteiger partial charge on any atom is 0.276 e. The van der Waals surface area contributed by atoms with Crippen LogP contribution in [0.5, 0.6) is 11.5 Å². The molecule has 7 heteroatoms. The Hall–Kier alpha value is -2.54. The molecule has 0 amide bonds. The Morgan fingerprint density at radius 3 is 2.50 bits per heavy atom. The van der Waals surface area contributed by atoms with Gasteiger partial charge in [0.2, 0.25) is 0 Å². The molecule has 0 fully saturated rings. The molecule has 0 saturated heterocycles. The molecule has 0 saturated carbocycles. The lowest BCUT2D eigenvalue weighted by molar-refractivity contribution is 0.272. The van der Waals surface area contributed by atoms with E-state index in [0.29, 0.717) is 35.8 Å². The summed E-state index contributed by atoms with van der Waals surface area (Å²) >= 11 is 0. The van der Waals surface area contributed by atoms with Gasteiger partial charge in [-0.2, -0.15) is 13.5 Å². The van der Waals surface area contributed by atoms with Gasteiger partial charge in [0.25, 0.3) is 10.0 Å². The minimum absolute atomic E-state index is 0.213. The molecule has 0 aromatic heterocycles. The largest absolute Gasteiger partial charge is 0.490 e. The Morgan fingerprint density at radius 1 is 1.04 bits per heavy atom. The molecular weight excluding hydrogens is 376 g/mol. The van der Waals surface area contributed by atoms with Crippen LogP contribution in [0.1, 0.15) is 43.4 Å². The number of sulfonamides is 1. The number of aryl methyl sites for hydroxylation is 2. The van der Waals surface area contributed by atoms with Crippen LogP contribution in [-0.4, -0.2) is 27.8 Å². The molecule has 0 aliphatic rings. The van der Waals surface area contributed by atoms with Gasteiger partial charge >= 0.3 is 0 Å². The molecule has 0 unspecified atom stereocenters. The number of ether oxygens (including phenoxy) is 2. The zero-order chi connectivity index (χ0) is 20.6. The van der Waals surface area contributed by atoms with Crippen LogP contribution < -0.4 is 14.3 Å². The van der Waals surface area contributed by atoms with Crippen molar-refractivity contribution in [3.63, 3.8) is 0 Å². The highest BCUT2D eigenvalue weighted by Gasteiger charge is 2.15. The molecule has 0 spiro atoms. The van der Waals surface area contributed by atoms with E-state index in [1.54, 1.807) is 37.3 Å². The van der Waals surface area contributed by atoms with Gasteiger partial charge in [-0.15, -0.1) is 0 Å². The Bertz CT molecular complexity index is 924. The highest BCUT2D eigenvalue weighted by Crippen LogP contribution is 2.28. The lowest BCUT2D eigenvalue weighted by Gasteiger charge is -2.12. The summed E-state index contributed by atoms with van der Waals surface area (Å²) < 4.78 is 36.3. The number of rotatable bonds is 10. The second-order valence-corrected chi connectivity index (χ2v) is 8.09. The van der Waals surface area contributed by atoms with E-state index in [9.17, 15) is 8.42 Å². The van der Waals surface area contributed by atoms with Crippen molar-refractivity contribution in [3.05, 3.63) is 53.1 Å². The summed E-state index contributed by atoms with van der Waals surface area (Å²) in [7, 11) is -3.73. The first kappa shape index (κ1) is 21.8. The monoisotopic (exact) mass is 404 g/mol. The first-order chi connectivity index (χ1) is 13.4. The third kappa shape index (κ3) is 5.99. The molecule has 2 aromatic rings. The second-order valence-electron chi connectivity index (χ2n) is 6.46. The van der Waals surface area contributed by atoms with E-state index in [2.05, 4.69) is 16.9 Å². The van der Waals surface area contributed by atoms with E-state index in [4.69, 9.17) is 9.47 Å². The van der Waals surface area contributed by atoms with Crippen LogP contribution in [0.25, 0.3) is 0 Å². The van der Waals surface area contributed by atoms with Crippen molar-refractivity contribution in [2.75, 3.05) is 13.2 Å². The SMILES string of the molecule is CCCCOc1ccc(/C=N/NS(=O)(=O)c2ccc(C)cc2C)cc1OCC. The molecule has 0 bridgehead atoms. The van der Waals surface area contributed by atoms with Crippen LogP contribution in [0.15, 0.2) is 46.4 Å². The molecule has 0 aliphatic carbocycles. The Kier molecular flexibility index (Phi) is 7.87. The molecule has 0 atom stereocenters. The zero-order valence-corrected chi connectivity index (χ0v) is 17.7. The minimum Gasteiger partial charge on any atom is -0.490 e. The fourth-order valence-corrected chi connectivity index (χ4v) is 3.66. The lowest BCUT2D eigenvalue weighted by Crippen LogP contribution is -2.19. The Morgan fingerprint density at radius 2 is 1.82 bits per heavy atom. The van der Waals surface area contributed by atoms with Gasteiger partial charge in [0.15, 0.2) is 11.5 Å². The Labute approximate surface area is 167 Å². The first-order valence-corrected chi connectivity index (χ1v) is 10.9. The van der Waals surface area contributed by atoms with Gasteiger partial charge in [-0.1, -0.05) is 31.0 Å². The van der Waals surface area contributed by atoms with Gasteiger partial charge in [-0.05, 0) is 62.6 Å². The van der Waals surface area contributed by atoms with Crippen molar-refractivity contribution in [3.8, 4) is 11.5 Å². The van der Waals surface area contributed by atoms with Crippen LogP contribution in [0.2, 0.25) is 0 Å². The molecule has 1 N–H and O–H groups in total. The summed E-state index contributed by atoms with van der Waals surface area (Å²) in [6.45, 7) is 8.81. The summed E-state index contributed by atoms with van der Waals surface area (Å²) in [5.74, 6) is 1.28. The average Bonchev–Trinajstić information content (AvgIpc) is 2.63. The van der Waals surface area contributed by atoms with E-state index in [0.717, 1.165) is 18.4 Å². The van der Waals surface area contributed by atoms with Crippen LogP contribution in [0.4, 0.5) is 0 Å². The molecule has 0 aliphatic heterocycles. The van der Waals surface area contributed by atoms with Gasteiger partial charge in [0, 0.05) is 0 Å². The summed E-state index contributed by atoms with van der Waals surface area (Å²) in [4.78, 5) is 2.47. The zero-order valence-electron chi connectivity index (χ0n) is 16.9. The molecule has 0 heterocycles. The number of unbranched alkanes of at least 4 members (excludes halogenated alkanes) is 1. The fraction of sp³-hybridized carbons (Fsp3) is 0.381. The average molecular weight is 405 g/mol. The van der Waals surface area contributed by atoms with E-state index >= 15 is 0 Å². The number of benzene rings is 2. The molecular formula is C21H28N2O4S. The quantitative estimate of drug-likeness (QED) is 0.366. The maximum atomic E-state index is 12.5. The summed E-state index contributed by atoms with van der Waals surface area (Å²) in [6.07, 6.45) is 3.46. The van der Waals surface area contributed by atoms with E-state index < -0.39 is 10.0 Å². The molecule has 0 radical (unpaired) electrons. The van der Waals surface area contributed by atoms with Gasteiger partial charge in [-0.25, -0.2) is 4.83 Å². The first-order valence-electron chi connectivity index (χ1n) is 9.39. The smallest absolute Gasteiger partial charge is 0.276 e. The van der Waals surface area contributed by atoms with E-state index in [1.165, 1.54) is 6.21 Å². The van der Waals surface area contributed by atoms with Gasteiger partial charge in [0.1, 0.15) is 0 Å². The van der Waals surface area contributed by atoms with Crippen LogP contribution in [0.3, 0.4) is 0 Å². The lowest BCUT2D eigenvalue weighted by atomic mass is 10.2. The van der Waals surface area contributed by atoms with Crippen molar-refractivity contribution >= 4 is 16.2 Å². The highest BCUT2D eigenvalue weighted by atomic mass is 32.2.